The average molecular weight is 350 g/mol. The van der Waals surface area contributed by atoms with Crippen LogP contribution in [0.25, 0.3) is 10.6 Å². The van der Waals surface area contributed by atoms with Crippen molar-refractivity contribution in [2.75, 3.05) is 5.32 Å². The number of benzene rings is 1. The van der Waals surface area contributed by atoms with Crippen LogP contribution >= 0.6 is 34.3 Å². The predicted molar refractivity (Wildman–Crippen MR) is 91.7 cm³/mol. The number of aryl methyl sites for hydroxylation is 1. The Kier molecular flexibility index (Phi) is 4.52. The summed E-state index contributed by atoms with van der Waals surface area (Å²) in [5.74, 6) is -0.120. The van der Waals surface area contributed by atoms with Crippen molar-refractivity contribution in [2.45, 2.75) is 13.3 Å². The van der Waals surface area contributed by atoms with E-state index in [1.54, 1.807) is 6.20 Å². The number of nitrogens with one attached hydrogen (secondary N) is 1. The summed E-state index contributed by atoms with van der Waals surface area (Å²) in [6.07, 6.45) is 1.96. The van der Waals surface area contributed by atoms with Crippen LogP contribution in [0.1, 0.15) is 10.6 Å². The summed E-state index contributed by atoms with van der Waals surface area (Å²) in [6.45, 7) is 1.95. The van der Waals surface area contributed by atoms with Crippen LogP contribution in [-0.4, -0.2) is 15.9 Å². The van der Waals surface area contributed by atoms with Crippen molar-refractivity contribution >= 4 is 45.3 Å². The molecule has 22 heavy (non-hydrogen) atoms. The normalized spacial score (nSPS) is 10.6. The fourth-order valence-corrected chi connectivity index (χ4v) is 3.71. The van der Waals surface area contributed by atoms with Gasteiger partial charge in [0.2, 0.25) is 5.91 Å². The van der Waals surface area contributed by atoms with E-state index in [-0.39, 0.29) is 12.3 Å². The minimum Gasteiger partial charge on any atom is -0.302 e. The minimum atomic E-state index is -0.120. The maximum atomic E-state index is 12.0. The Morgan fingerprint density at radius 1 is 1.36 bits per heavy atom. The summed E-state index contributed by atoms with van der Waals surface area (Å²) < 4.78 is 0. The molecule has 1 N–H and O–H groups in total. The van der Waals surface area contributed by atoms with Crippen molar-refractivity contribution in [3.63, 3.8) is 0 Å². The van der Waals surface area contributed by atoms with Crippen molar-refractivity contribution in [3.8, 4) is 10.6 Å². The SMILES string of the molecule is Cc1cnc(NC(=O)Cc2csc(-c3ccccc3Cl)n2)s1. The number of anilines is 1. The van der Waals surface area contributed by atoms with E-state index in [9.17, 15) is 4.79 Å². The predicted octanol–water partition coefficient (Wildman–Crippen LogP) is 4.41. The van der Waals surface area contributed by atoms with E-state index in [1.807, 2.05) is 36.6 Å². The van der Waals surface area contributed by atoms with Crippen molar-refractivity contribution in [2.24, 2.45) is 0 Å². The number of carbonyl (C=O) groups is 1. The van der Waals surface area contributed by atoms with Crippen LogP contribution in [0, 0.1) is 6.92 Å². The highest BCUT2D eigenvalue weighted by Gasteiger charge is 2.12. The summed E-state index contributed by atoms with van der Waals surface area (Å²) in [6, 6.07) is 7.54. The van der Waals surface area contributed by atoms with E-state index in [1.165, 1.54) is 22.7 Å². The Labute approximate surface area is 140 Å². The van der Waals surface area contributed by atoms with Gasteiger partial charge in [-0.1, -0.05) is 29.8 Å². The Balaban J connectivity index is 1.69. The first kappa shape index (κ1) is 15.1. The van der Waals surface area contributed by atoms with Gasteiger partial charge >= 0.3 is 0 Å². The smallest absolute Gasteiger partial charge is 0.232 e. The van der Waals surface area contributed by atoms with E-state index in [0.717, 1.165) is 21.1 Å². The van der Waals surface area contributed by atoms with Crippen LogP contribution in [-0.2, 0) is 11.2 Å². The molecule has 0 atom stereocenters. The van der Waals surface area contributed by atoms with Gasteiger partial charge in [0.15, 0.2) is 5.13 Å². The average Bonchev–Trinajstić information content (AvgIpc) is 3.09. The van der Waals surface area contributed by atoms with Crippen LogP contribution in [0.5, 0.6) is 0 Å². The second kappa shape index (κ2) is 6.56. The molecule has 4 nitrogen and oxygen atoms in total. The second-order valence-corrected chi connectivity index (χ2v) is 7.12. The Hall–Kier alpha value is -1.76. The third kappa shape index (κ3) is 3.52. The number of hydrogen-bond donors (Lipinski definition) is 1. The van der Waals surface area contributed by atoms with Crippen LogP contribution in [0.2, 0.25) is 5.02 Å². The minimum absolute atomic E-state index is 0.120. The van der Waals surface area contributed by atoms with Gasteiger partial charge in [-0.25, -0.2) is 9.97 Å². The fourth-order valence-electron chi connectivity index (χ4n) is 1.89. The molecule has 0 radical (unpaired) electrons. The summed E-state index contributed by atoms with van der Waals surface area (Å²) in [7, 11) is 0. The molecule has 0 bridgehead atoms. The highest BCUT2D eigenvalue weighted by Crippen LogP contribution is 2.30. The van der Waals surface area contributed by atoms with E-state index >= 15 is 0 Å². The van der Waals surface area contributed by atoms with Gasteiger partial charge < -0.3 is 5.32 Å². The number of aromatic nitrogens is 2. The number of thiazole rings is 2. The van der Waals surface area contributed by atoms with Gasteiger partial charge in [-0.3, -0.25) is 4.79 Å². The molecule has 1 amide bonds. The number of hydrogen-bond acceptors (Lipinski definition) is 5. The third-order valence-corrected chi connectivity index (χ3v) is 4.95. The Bertz CT molecular complexity index is 812. The van der Waals surface area contributed by atoms with E-state index in [0.29, 0.717) is 10.2 Å². The van der Waals surface area contributed by atoms with E-state index in [4.69, 9.17) is 11.6 Å². The van der Waals surface area contributed by atoms with Crippen LogP contribution in [0.4, 0.5) is 5.13 Å². The van der Waals surface area contributed by atoms with Gasteiger partial charge in [0.05, 0.1) is 17.1 Å². The molecule has 0 saturated carbocycles. The molecule has 112 valence electrons. The molecular formula is C15H12ClN3OS2. The maximum Gasteiger partial charge on any atom is 0.232 e. The molecule has 0 aliphatic rings. The first-order valence-corrected chi connectivity index (χ1v) is 8.61. The summed E-state index contributed by atoms with van der Waals surface area (Å²) >= 11 is 9.10. The molecule has 1 aromatic carbocycles. The molecular weight excluding hydrogens is 338 g/mol. The monoisotopic (exact) mass is 349 g/mol. The van der Waals surface area contributed by atoms with Crippen LogP contribution in [0.3, 0.4) is 0 Å². The largest absolute Gasteiger partial charge is 0.302 e. The second-order valence-electron chi connectivity index (χ2n) is 4.62. The summed E-state index contributed by atoms with van der Waals surface area (Å²) in [5.41, 5.74) is 1.61. The standard InChI is InChI=1S/C15H12ClN3OS2/c1-9-7-17-15(22-9)19-13(20)6-10-8-21-14(18-10)11-4-2-3-5-12(11)16/h2-5,7-8H,6H2,1H3,(H,17,19,20). The number of halogens is 1. The number of carbonyl (C=O) groups excluding carboxylic acids is 1. The zero-order valence-corrected chi connectivity index (χ0v) is 14.1. The van der Waals surface area contributed by atoms with Gasteiger partial charge in [0, 0.05) is 22.0 Å². The molecule has 0 aliphatic heterocycles. The van der Waals surface area contributed by atoms with E-state index in [2.05, 4.69) is 15.3 Å². The lowest BCUT2D eigenvalue weighted by Gasteiger charge is -2.00. The lowest BCUT2D eigenvalue weighted by atomic mass is 10.2. The topological polar surface area (TPSA) is 54.9 Å². The number of rotatable bonds is 4. The molecule has 7 heteroatoms. The van der Waals surface area contributed by atoms with Gasteiger partial charge in [-0.05, 0) is 13.0 Å². The molecule has 0 spiro atoms. The molecule has 0 saturated heterocycles. The molecule has 3 aromatic rings. The van der Waals surface area contributed by atoms with Crippen molar-refractivity contribution in [3.05, 3.63) is 51.4 Å². The highest BCUT2D eigenvalue weighted by molar-refractivity contribution is 7.15. The Morgan fingerprint density at radius 2 is 2.18 bits per heavy atom. The highest BCUT2D eigenvalue weighted by atomic mass is 35.5. The quantitative estimate of drug-likeness (QED) is 0.759. The number of amides is 1. The van der Waals surface area contributed by atoms with E-state index < -0.39 is 0 Å². The first-order chi connectivity index (χ1) is 10.6. The molecule has 3 rings (SSSR count). The molecule has 0 unspecified atom stereocenters. The van der Waals surface area contributed by atoms with Crippen LogP contribution < -0.4 is 5.32 Å². The van der Waals surface area contributed by atoms with Crippen molar-refractivity contribution in [1.82, 2.24) is 9.97 Å². The van der Waals surface area contributed by atoms with Crippen molar-refractivity contribution < 1.29 is 4.79 Å². The molecule has 0 fully saturated rings. The van der Waals surface area contributed by atoms with Gasteiger partial charge in [0.1, 0.15) is 5.01 Å². The maximum absolute atomic E-state index is 12.0. The number of nitrogens with zero attached hydrogens (tertiary/aromatic N) is 2. The lowest BCUT2D eigenvalue weighted by molar-refractivity contribution is -0.115. The van der Waals surface area contributed by atoms with Gasteiger partial charge in [-0.2, -0.15) is 0 Å². The van der Waals surface area contributed by atoms with Crippen LogP contribution in [0.15, 0.2) is 35.8 Å². The zero-order chi connectivity index (χ0) is 15.5. The summed E-state index contributed by atoms with van der Waals surface area (Å²) in [5, 5.41) is 6.75. The third-order valence-electron chi connectivity index (χ3n) is 2.87. The van der Waals surface area contributed by atoms with Crippen molar-refractivity contribution in [1.29, 1.82) is 0 Å². The van der Waals surface area contributed by atoms with Gasteiger partial charge in [0.25, 0.3) is 0 Å². The molecule has 2 heterocycles. The Morgan fingerprint density at radius 3 is 2.91 bits per heavy atom. The fraction of sp³-hybridized carbons (Fsp3) is 0.133. The van der Waals surface area contributed by atoms with Gasteiger partial charge in [-0.15, -0.1) is 22.7 Å². The summed E-state index contributed by atoms with van der Waals surface area (Å²) in [4.78, 5) is 21.7. The zero-order valence-electron chi connectivity index (χ0n) is 11.7. The lowest BCUT2D eigenvalue weighted by Crippen LogP contribution is -2.14. The molecule has 0 aliphatic carbocycles. The first-order valence-electron chi connectivity index (χ1n) is 6.53. The molecule has 2 aromatic heterocycles.